The number of nitrogens with zero attached hydrogens (tertiary/aromatic N) is 1. The predicted molar refractivity (Wildman–Crippen MR) is 113 cm³/mol. The molecule has 0 bridgehead atoms. The Bertz CT molecular complexity index is 849. The highest BCUT2D eigenvalue weighted by Crippen LogP contribution is 2.29. The molecule has 3 N–H and O–H groups in total. The second-order valence-corrected chi connectivity index (χ2v) is 7.73. The van der Waals surface area contributed by atoms with Crippen molar-refractivity contribution < 1.29 is 19.1 Å². The molecule has 0 atom stereocenters. The molecule has 0 unspecified atom stereocenters. The Balaban J connectivity index is 1.53. The van der Waals surface area contributed by atoms with Crippen molar-refractivity contribution in [2.24, 2.45) is 0 Å². The molecular formula is C20H26N4O4S. The lowest BCUT2D eigenvalue weighted by atomic mass is 9.96. The van der Waals surface area contributed by atoms with Gasteiger partial charge in [-0.05, 0) is 25.0 Å². The number of methoxy groups -OCH3 is 2. The summed E-state index contributed by atoms with van der Waals surface area (Å²) in [4.78, 5) is 28.9. The summed E-state index contributed by atoms with van der Waals surface area (Å²) in [5.74, 6) is 0.921. The highest BCUT2D eigenvalue weighted by atomic mass is 32.1. The minimum atomic E-state index is -0.247. The van der Waals surface area contributed by atoms with Crippen LogP contribution >= 0.6 is 11.3 Å². The van der Waals surface area contributed by atoms with Crippen LogP contribution in [0.5, 0.6) is 11.5 Å². The average molecular weight is 419 g/mol. The molecule has 3 rings (SSSR count). The number of hydrogen-bond acceptors (Lipinski definition) is 6. The van der Waals surface area contributed by atoms with Gasteiger partial charge in [0.25, 0.3) is 0 Å². The number of anilines is 2. The minimum Gasteiger partial charge on any atom is -0.497 e. The van der Waals surface area contributed by atoms with E-state index in [4.69, 9.17) is 9.47 Å². The van der Waals surface area contributed by atoms with E-state index in [0.29, 0.717) is 28.0 Å². The first-order chi connectivity index (χ1) is 14.1. The number of ether oxygens (including phenoxy) is 2. The van der Waals surface area contributed by atoms with Gasteiger partial charge in [0, 0.05) is 17.5 Å². The molecule has 3 amide bonds. The van der Waals surface area contributed by atoms with E-state index in [0.717, 1.165) is 25.7 Å². The number of thiazole rings is 1. The van der Waals surface area contributed by atoms with Crippen LogP contribution in [0.1, 0.15) is 37.8 Å². The summed E-state index contributed by atoms with van der Waals surface area (Å²) in [6.07, 6.45) is 5.66. The number of urea groups is 1. The Morgan fingerprint density at radius 2 is 1.93 bits per heavy atom. The van der Waals surface area contributed by atoms with Gasteiger partial charge < -0.3 is 20.1 Å². The van der Waals surface area contributed by atoms with Crippen molar-refractivity contribution in [1.82, 2.24) is 10.3 Å². The maximum atomic E-state index is 12.4. The summed E-state index contributed by atoms with van der Waals surface area (Å²) in [5, 5.41) is 10.8. The highest BCUT2D eigenvalue weighted by Gasteiger charge is 2.17. The molecule has 0 radical (unpaired) electrons. The van der Waals surface area contributed by atoms with Gasteiger partial charge in [0.2, 0.25) is 5.91 Å². The second kappa shape index (κ2) is 10.1. The number of carbonyl (C=O) groups excluding carboxylic acids is 2. The number of benzene rings is 1. The molecule has 8 nitrogen and oxygen atoms in total. The van der Waals surface area contributed by atoms with E-state index in [2.05, 4.69) is 20.9 Å². The first-order valence-electron chi connectivity index (χ1n) is 9.61. The van der Waals surface area contributed by atoms with Crippen LogP contribution in [0.2, 0.25) is 0 Å². The smallest absolute Gasteiger partial charge is 0.321 e. The molecule has 0 saturated heterocycles. The summed E-state index contributed by atoms with van der Waals surface area (Å²) in [7, 11) is 3.09. The third-order valence-corrected chi connectivity index (χ3v) is 5.54. The molecule has 1 aliphatic rings. The van der Waals surface area contributed by atoms with Crippen LogP contribution in [-0.4, -0.2) is 37.2 Å². The van der Waals surface area contributed by atoms with E-state index < -0.39 is 0 Å². The van der Waals surface area contributed by atoms with Crippen molar-refractivity contribution in [2.75, 3.05) is 24.9 Å². The van der Waals surface area contributed by atoms with Gasteiger partial charge in [-0.3, -0.25) is 10.1 Å². The third kappa shape index (κ3) is 6.08. The zero-order valence-electron chi connectivity index (χ0n) is 16.6. The fourth-order valence-corrected chi connectivity index (χ4v) is 3.99. The maximum Gasteiger partial charge on any atom is 0.321 e. The van der Waals surface area contributed by atoms with Crippen LogP contribution in [0.3, 0.4) is 0 Å². The first-order valence-corrected chi connectivity index (χ1v) is 10.5. The van der Waals surface area contributed by atoms with Crippen LogP contribution in [0.25, 0.3) is 0 Å². The Morgan fingerprint density at radius 3 is 2.66 bits per heavy atom. The fraction of sp³-hybridized carbons (Fsp3) is 0.450. The van der Waals surface area contributed by atoms with E-state index >= 15 is 0 Å². The molecule has 1 aromatic heterocycles. The third-order valence-electron chi connectivity index (χ3n) is 4.74. The Hall–Kier alpha value is -2.81. The van der Waals surface area contributed by atoms with Crippen LogP contribution in [0.4, 0.5) is 15.6 Å². The molecule has 1 heterocycles. The van der Waals surface area contributed by atoms with E-state index in [9.17, 15) is 9.59 Å². The molecule has 0 aliphatic heterocycles. The number of nitrogens with one attached hydrogen (secondary N) is 3. The number of amides is 3. The van der Waals surface area contributed by atoms with Gasteiger partial charge >= 0.3 is 6.03 Å². The summed E-state index contributed by atoms with van der Waals surface area (Å²) in [6, 6.07) is 5.16. The van der Waals surface area contributed by atoms with Crippen molar-refractivity contribution in [3.8, 4) is 11.5 Å². The minimum absolute atomic E-state index is 0.0861. The van der Waals surface area contributed by atoms with Gasteiger partial charge in [0.05, 0.1) is 32.0 Å². The summed E-state index contributed by atoms with van der Waals surface area (Å²) >= 11 is 1.29. The predicted octanol–water partition coefficient (Wildman–Crippen LogP) is 3.80. The second-order valence-electron chi connectivity index (χ2n) is 6.87. The molecule has 1 aliphatic carbocycles. The van der Waals surface area contributed by atoms with Crippen molar-refractivity contribution in [3.05, 3.63) is 29.3 Å². The van der Waals surface area contributed by atoms with Crippen LogP contribution in [-0.2, 0) is 11.2 Å². The quantitative estimate of drug-likeness (QED) is 0.635. The molecule has 156 valence electrons. The van der Waals surface area contributed by atoms with Crippen LogP contribution in [0, 0.1) is 0 Å². The van der Waals surface area contributed by atoms with Gasteiger partial charge in [0.15, 0.2) is 5.13 Å². The molecule has 1 saturated carbocycles. The number of carbonyl (C=O) groups is 2. The van der Waals surface area contributed by atoms with Gasteiger partial charge in [-0.25, -0.2) is 9.78 Å². The number of rotatable bonds is 7. The summed E-state index contributed by atoms with van der Waals surface area (Å²) < 4.78 is 10.5. The molecule has 9 heteroatoms. The van der Waals surface area contributed by atoms with Crippen LogP contribution < -0.4 is 25.4 Å². The zero-order chi connectivity index (χ0) is 20.6. The van der Waals surface area contributed by atoms with E-state index in [1.807, 2.05) is 0 Å². The van der Waals surface area contributed by atoms with Crippen molar-refractivity contribution in [1.29, 1.82) is 0 Å². The zero-order valence-corrected chi connectivity index (χ0v) is 17.4. The van der Waals surface area contributed by atoms with Crippen molar-refractivity contribution >= 4 is 34.1 Å². The lowest BCUT2D eigenvalue weighted by molar-refractivity contribution is -0.115. The van der Waals surface area contributed by atoms with E-state index in [1.54, 1.807) is 30.7 Å². The van der Waals surface area contributed by atoms with Gasteiger partial charge in [-0.2, -0.15) is 0 Å². The van der Waals surface area contributed by atoms with Crippen molar-refractivity contribution in [2.45, 2.75) is 44.6 Å². The van der Waals surface area contributed by atoms with Gasteiger partial charge in [-0.1, -0.05) is 19.3 Å². The average Bonchev–Trinajstić information content (AvgIpc) is 3.14. The highest BCUT2D eigenvalue weighted by molar-refractivity contribution is 7.13. The van der Waals surface area contributed by atoms with Gasteiger partial charge in [-0.15, -0.1) is 11.3 Å². The SMILES string of the molecule is COc1ccc(OC)c(NC(=O)Cc2csc(NC(=O)NC3CCCCC3)n2)c1. The van der Waals surface area contributed by atoms with Crippen LogP contribution in [0.15, 0.2) is 23.6 Å². The Kier molecular flexibility index (Phi) is 7.29. The molecule has 0 spiro atoms. The van der Waals surface area contributed by atoms with Crippen molar-refractivity contribution in [3.63, 3.8) is 0 Å². The Labute approximate surface area is 174 Å². The largest absolute Gasteiger partial charge is 0.497 e. The van der Waals surface area contributed by atoms with Gasteiger partial charge in [0.1, 0.15) is 11.5 Å². The van der Waals surface area contributed by atoms with E-state index in [-0.39, 0.29) is 24.4 Å². The standard InChI is InChI=1S/C20H26N4O4S/c1-27-15-8-9-17(28-2)16(11-15)23-18(25)10-14-12-29-20(22-14)24-19(26)21-13-6-4-3-5-7-13/h8-9,11-13H,3-7,10H2,1-2H3,(H,23,25)(H2,21,22,24,26). The topological polar surface area (TPSA) is 102 Å². The molecular weight excluding hydrogens is 392 g/mol. The molecule has 2 aromatic rings. The van der Waals surface area contributed by atoms with E-state index in [1.165, 1.54) is 24.9 Å². The summed E-state index contributed by atoms with van der Waals surface area (Å²) in [6.45, 7) is 0. The lowest BCUT2D eigenvalue weighted by Gasteiger charge is -2.22. The summed E-state index contributed by atoms with van der Waals surface area (Å²) in [5.41, 5.74) is 1.11. The molecule has 1 fully saturated rings. The fourth-order valence-electron chi connectivity index (χ4n) is 3.28. The lowest BCUT2D eigenvalue weighted by Crippen LogP contribution is -2.39. The maximum absolute atomic E-state index is 12.4. The Morgan fingerprint density at radius 1 is 1.14 bits per heavy atom. The number of aromatic nitrogens is 1. The first kappa shape index (κ1) is 20.9. The molecule has 1 aromatic carbocycles. The number of hydrogen-bond donors (Lipinski definition) is 3. The monoisotopic (exact) mass is 418 g/mol. The normalized spacial score (nSPS) is 14.1. The molecule has 29 heavy (non-hydrogen) atoms.